The van der Waals surface area contributed by atoms with Gasteiger partial charge in [0.2, 0.25) is 10.5 Å². The third kappa shape index (κ3) is 3.81. The predicted molar refractivity (Wildman–Crippen MR) is 119 cm³/mol. The molecule has 0 radical (unpaired) electrons. The molecule has 4 aromatic rings. The van der Waals surface area contributed by atoms with Crippen LogP contribution >= 0.6 is 27.5 Å². The number of nitrogens with zero attached hydrogens (tertiary/aromatic N) is 3. The molecule has 0 aliphatic heterocycles. The van der Waals surface area contributed by atoms with Crippen LogP contribution in [-0.2, 0) is 16.9 Å². The standard InChI is InChI=1S/C20H14BrClN4O3S/c1-11(27)16-19(28)17-14(22)5-4-13(21)18(17)25-20(16)30(29)10-12-3-6-15(23-9-12)26-8-2-7-24-26/h2-9H,10H2,1H3,(H,25,28). The molecule has 3 heterocycles. The lowest BCUT2D eigenvalue weighted by Crippen LogP contribution is -2.22. The summed E-state index contributed by atoms with van der Waals surface area (Å²) in [7, 11) is 0. The first kappa shape index (κ1) is 20.8. The van der Waals surface area contributed by atoms with Crippen LogP contribution in [0.15, 0.2) is 63.2 Å². The monoisotopic (exact) mass is 504 g/mol. The van der Waals surface area contributed by atoms with Crippen molar-refractivity contribution in [1.29, 1.82) is 0 Å². The molecule has 1 N–H and O–H groups in total. The van der Waals surface area contributed by atoms with Gasteiger partial charge in [0.15, 0.2) is 11.6 Å². The summed E-state index contributed by atoms with van der Waals surface area (Å²) in [4.78, 5) is 32.5. The normalized spacial score (nSPS) is 12.3. The van der Waals surface area contributed by atoms with E-state index in [1.807, 2.05) is 0 Å². The van der Waals surface area contributed by atoms with Crippen molar-refractivity contribution in [3.05, 3.63) is 79.8 Å². The summed E-state index contributed by atoms with van der Waals surface area (Å²) in [5.74, 6) is 0.216. The number of rotatable bonds is 5. The minimum absolute atomic E-state index is 0.0686. The van der Waals surface area contributed by atoms with Gasteiger partial charge in [-0.05, 0) is 53.2 Å². The molecule has 3 aromatic heterocycles. The van der Waals surface area contributed by atoms with Gasteiger partial charge in [-0.25, -0.2) is 9.67 Å². The maximum atomic E-state index is 13.1. The Morgan fingerprint density at radius 2 is 2.13 bits per heavy atom. The first-order valence-electron chi connectivity index (χ1n) is 8.75. The summed E-state index contributed by atoms with van der Waals surface area (Å²) >= 11 is 7.87. The van der Waals surface area contributed by atoms with Crippen molar-refractivity contribution in [3.8, 4) is 5.82 Å². The van der Waals surface area contributed by atoms with E-state index in [0.717, 1.165) is 0 Å². The maximum absolute atomic E-state index is 13.1. The number of benzene rings is 1. The summed E-state index contributed by atoms with van der Waals surface area (Å²) < 4.78 is 15.3. The van der Waals surface area contributed by atoms with Gasteiger partial charge in [-0.15, -0.1) is 0 Å². The van der Waals surface area contributed by atoms with Crippen molar-refractivity contribution in [3.63, 3.8) is 0 Å². The van der Waals surface area contributed by atoms with E-state index in [4.69, 9.17) is 11.6 Å². The molecule has 1 unspecified atom stereocenters. The van der Waals surface area contributed by atoms with Crippen molar-refractivity contribution in [1.82, 2.24) is 19.7 Å². The van der Waals surface area contributed by atoms with E-state index in [2.05, 4.69) is 31.0 Å². The highest BCUT2D eigenvalue weighted by molar-refractivity contribution is 9.10. The molecule has 0 bridgehead atoms. The van der Waals surface area contributed by atoms with E-state index < -0.39 is 22.4 Å². The second-order valence-electron chi connectivity index (χ2n) is 6.46. The Morgan fingerprint density at radius 1 is 1.33 bits per heavy atom. The lowest BCUT2D eigenvalue weighted by Gasteiger charge is -2.15. The fraction of sp³-hybridized carbons (Fsp3) is 0.100. The summed E-state index contributed by atoms with van der Waals surface area (Å²) in [6.07, 6.45) is 5.00. The van der Waals surface area contributed by atoms with Crippen molar-refractivity contribution < 1.29 is 9.35 Å². The van der Waals surface area contributed by atoms with Crippen molar-refractivity contribution in [2.24, 2.45) is 0 Å². The SMILES string of the molecule is CC(=O)c1c([S+]([O-])Cc2ccc(-n3cccn3)nc2)[nH]c2c(Br)ccc(Cl)c2c1=O. The van der Waals surface area contributed by atoms with Crippen LogP contribution in [0.25, 0.3) is 16.7 Å². The number of carbonyl (C=O) groups is 1. The highest BCUT2D eigenvalue weighted by atomic mass is 79.9. The third-order valence-corrected chi connectivity index (χ3v) is 6.78. The van der Waals surface area contributed by atoms with Gasteiger partial charge in [0.05, 0.1) is 15.9 Å². The maximum Gasteiger partial charge on any atom is 0.238 e. The largest absolute Gasteiger partial charge is 0.610 e. The van der Waals surface area contributed by atoms with Crippen LogP contribution < -0.4 is 5.43 Å². The van der Waals surface area contributed by atoms with Gasteiger partial charge in [-0.3, -0.25) is 9.59 Å². The number of ketones is 1. The fourth-order valence-corrected chi connectivity index (χ4v) is 5.03. The number of aromatic nitrogens is 4. The number of nitrogens with one attached hydrogen (secondary N) is 1. The summed E-state index contributed by atoms with van der Waals surface area (Å²) in [5.41, 5.74) is 0.387. The Balaban J connectivity index is 1.75. The molecular formula is C20H14BrClN4O3S. The molecule has 1 aromatic carbocycles. The summed E-state index contributed by atoms with van der Waals surface area (Å²) in [6.45, 7) is 1.27. The van der Waals surface area contributed by atoms with Crippen LogP contribution in [0.2, 0.25) is 5.02 Å². The topological polar surface area (TPSA) is 104 Å². The Morgan fingerprint density at radius 3 is 2.77 bits per heavy atom. The minimum atomic E-state index is -1.69. The highest BCUT2D eigenvalue weighted by Gasteiger charge is 2.27. The van der Waals surface area contributed by atoms with Crippen molar-refractivity contribution in [2.45, 2.75) is 17.7 Å². The third-order valence-electron chi connectivity index (χ3n) is 4.45. The number of carbonyl (C=O) groups excluding carboxylic acids is 1. The second kappa shape index (κ2) is 8.35. The van der Waals surface area contributed by atoms with Crippen LogP contribution in [0, 0.1) is 0 Å². The molecule has 30 heavy (non-hydrogen) atoms. The highest BCUT2D eigenvalue weighted by Crippen LogP contribution is 2.29. The number of fused-ring (bicyclic) bond motifs is 1. The van der Waals surface area contributed by atoms with E-state index in [9.17, 15) is 14.1 Å². The first-order valence-corrected chi connectivity index (χ1v) is 11.2. The molecule has 0 fully saturated rings. The van der Waals surface area contributed by atoms with Gasteiger partial charge in [0.25, 0.3) is 0 Å². The Hall–Kier alpha value is -2.46. The zero-order valence-corrected chi connectivity index (χ0v) is 18.7. The number of hydrogen-bond donors (Lipinski definition) is 1. The van der Waals surface area contributed by atoms with E-state index in [-0.39, 0.29) is 26.8 Å². The number of halogens is 2. The Kier molecular flexibility index (Phi) is 5.79. The number of pyridine rings is 2. The van der Waals surface area contributed by atoms with Gasteiger partial charge in [-0.2, -0.15) is 5.10 Å². The van der Waals surface area contributed by atoms with Gasteiger partial charge in [0.1, 0.15) is 11.3 Å². The molecule has 10 heteroatoms. The number of Topliss-reactive ketones (excluding diaryl/α,β-unsaturated/α-hetero) is 1. The van der Waals surface area contributed by atoms with E-state index in [1.165, 1.54) is 6.92 Å². The molecule has 0 saturated carbocycles. The van der Waals surface area contributed by atoms with Gasteiger partial charge >= 0.3 is 0 Å². The molecule has 0 aliphatic carbocycles. The minimum Gasteiger partial charge on any atom is -0.610 e. The molecular weight excluding hydrogens is 492 g/mol. The van der Waals surface area contributed by atoms with Gasteiger partial charge in [0, 0.05) is 39.8 Å². The zero-order chi connectivity index (χ0) is 21.4. The van der Waals surface area contributed by atoms with E-state index in [0.29, 0.717) is 21.4 Å². The molecule has 1 atom stereocenters. The van der Waals surface area contributed by atoms with Gasteiger partial charge < -0.3 is 9.54 Å². The van der Waals surface area contributed by atoms with Crippen molar-refractivity contribution in [2.75, 3.05) is 0 Å². The molecule has 0 amide bonds. The Labute approximate surface area is 187 Å². The van der Waals surface area contributed by atoms with Crippen LogP contribution in [-0.4, -0.2) is 30.1 Å². The van der Waals surface area contributed by atoms with Crippen LogP contribution in [0.3, 0.4) is 0 Å². The number of aromatic amines is 1. The van der Waals surface area contributed by atoms with Gasteiger partial charge in [-0.1, -0.05) is 11.6 Å². The summed E-state index contributed by atoms with van der Waals surface area (Å²) in [6, 6.07) is 8.57. The van der Waals surface area contributed by atoms with Crippen LogP contribution in [0.4, 0.5) is 0 Å². The average Bonchev–Trinajstić information content (AvgIpc) is 3.25. The molecule has 7 nitrogen and oxygen atoms in total. The molecule has 152 valence electrons. The smallest absolute Gasteiger partial charge is 0.238 e. The fourth-order valence-electron chi connectivity index (χ4n) is 3.06. The summed E-state index contributed by atoms with van der Waals surface area (Å²) in [5, 5.41) is 4.58. The van der Waals surface area contributed by atoms with Crippen molar-refractivity contribution >= 4 is 55.4 Å². The van der Waals surface area contributed by atoms with E-state index >= 15 is 0 Å². The molecule has 4 rings (SSSR count). The molecule has 0 aliphatic rings. The van der Waals surface area contributed by atoms with Crippen LogP contribution in [0.5, 0.6) is 0 Å². The first-order chi connectivity index (χ1) is 14.4. The molecule has 0 spiro atoms. The predicted octanol–water partition coefficient (Wildman–Crippen LogP) is 4.04. The Bertz CT molecular complexity index is 1310. The quantitative estimate of drug-likeness (QED) is 0.326. The second-order valence-corrected chi connectivity index (χ2v) is 9.11. The van der Waals surface area contributed by atoms with E-state index in [1.54, 1.807) is 53.6 Å². The number of hydrogen-bond acceptors (Lipinski definition) is 5. The molecule has 0 saturated heterocycles. The lowest BCUT2D eigenvalue weighted by atomic mass is 10.1. The average molecular weight is 506 g/mol. The number of H-pyrrole nitrogens is 1. The lowest BCUT2D eigenvalue weighted by molar-refractivity contribution is 0.101. The zero-order valence-electron chi connectivity index (χ0n) is 15.6. The van der Waals surface area contributed by atoms with Crippen LogP contribution in [0.1, 0.15) is 22.8 Å².